The molecule has 1 aromatic carbocycles. The lowest BCUT2D eigenvalue weighted by Crippen LogP contribution is -2.49. The Labute approximate surface area is 132 Å². The van der Waals surface area contributed by atoms with Gasteiger partial charge in [-0.2, -0.15) is 0 Å². The van der Waals surface area contributed by atoms with Gasteiger partial charge in [-0.1, -0.05) is 57.5 Å². The molecule has 1 aliphatic rings. The van der Waals surface area contributed by atoms with Crippen molar-refractivity contribution in [3.63, 3.8) is 0 Å². The number of hydrogen-bond donors (Lipinski definition) is 0. The molecule has 4 heteroatoms. The lowest BCUT2D eigenvalue weighted by atomic mass is 9.72. The second-order valence-corrected chi connectivity index (χ2v) is 7.13. The van der Waals surface area contributed by atoms with Gasteiger partial charge in [-0.05, 0) is 31.2 Å². The van der Waals surface area contributed by atoms with Gasteiger partial charge in [-0.3, -0.25) is 14.5 Å². The van der Waals surface area contributed by atoms with E-state index in [0.717, 1.165) is 22.9 Å². The van der Waals surface area contributed by atoms with E-state index in [1.165, 1.54) is 4.90 Å². The SMILES string of the molecule is CC.Cc1cccc(C(C)(C)C2(C)SC(=O)N(C)C2=O)c1. The Morgan fingerprint density at radius 3 is 2.19 bits per heavy atom. The minimum absolute atomic E-state index is 0.117. The van der Waals surface area contributed by atoms with E-state index in [9.17, 15) is 9.59 Å². The van der Waals surface area contributed by atoms with Gasteiger partial charge in [0.1, 0.15) is 4.75 Å². The van der Waals surface area contributed by atoms with Crippen LogP contribution in [-0.4, -0.2) is 27.8 Å². The second kappa shape index (κ2) is 6.22. The quantitative estimate of drug-likeness (QED) is 0.813. The third kappa shape index (κ3) is 2.86. The number of thioether (sulfide) groups is 1. The molecule has 1 saturated heterocycles. The molecule has 0 N–H and O–H groups in total. The van der Waals surface area contributed by atoms with Crippen LogP contribution in [0.15, 0.2) is 24.3 Å². The van der Waals surface area contributed by atoms with Crippen LogP contribution >= 0.6 is 11.8 Å². The molecular weight excluding hydrogens is 282 g/mol. The summed E-state index contributed by atoms with van der Waals surface area (Å²) in [5, 5.41) is -0.173. The monoisotopic (exact) mass is 307 g/mol. The Kier molecular flexibility index (Phi) is 5.26. The molecule has 1 aliphatic heterocycles. The molecule has 21 heavy (non-hydrogen) atoms. The lowest BCUT2D eigenvalue weighted by molar-refractivity contribution is -0.129. The van der Waals surface area contributed by atoms with E-state index >= 15 is 0 Å². The fourth-order valence-corrected chi connectivity index (χ4v) is 3.56. The van der Waals surface area contributed by atoms with Crippen molar-refractivity contribution in [2.75, 3.05) is 7.05 Å². The predicted molar refractivity (Wildman–Crippen MR) is 89.7 cm³/mol. The summed E-state index contributed by atoms with van der Waals surface area (Å²) in [6.45, 7) is 11.9. The Morgan fingerprint density at radius 2 is 1.76 bits per heavy atom. The number of benzene rings is 1. The first-order valence-electron chi connectivity index (χ1n) is 7.28. The summed E-state index contributed by atoms with van der Waals surface area (Å²) in [7, 11) is 1.55. The maximum Gasteiger partial charge on any atom is 0.289 e. The molecule has 1 unspecified atom stereocenters. The lowest BCUT2D eigenvalue weighted by Gasteiger charge is -2.38. The summed E-state index contributed by atoms with van der Waals surface area (Å²) in [6.07, 6.45) is 0. The Bertz CT molecular complexity index is 553. The van der Waals surface area contributed by atoms with Crippen LogP contribution in [0.5, 0.6) is 0 Å². The smallest absolute Gasteiger partial charge is 0.275 e. The maximum absolute atomic E-state index is 12.4. The minimum Gasteiger partial charge on any atom is -0.275 e. The zero-order chi connectivity index (χ0) is 16.4. The summed E-state index contributed by atoms with van der Waals surface area (Å²) >= 11 is 1.13. The number of imide groups is 1. The van der Waals surface area contributed by atoms with Crippen molar-refractivity contribution in [1.82, 2.24) is 4.90 Å². The zero-order valence-corrected chi connectivity index (χ0v) is 14.8. The molecule has 1 heterocycles. The first kappa shape index (κ1) is 17.8. The van der Waals surface area contributed by atoms with Gasteiger partial charge in [0.15, 0.2) is 0 Å². The maximum atomic E-state index is 12.4. The molecule has 0 aromatic heterocycles. The number of nitrogens with zero attached hydrogens (tertiary/aromatic N) is 1. The van der Waals surface area contributed by atoms with Crippen molar-refractivity contribution in [2.45, 2.75) is 51.7 Å². The first-order chi connectivity index (χ1) is 9.70. The molecule has 3 nitrogen and oxygen atoms in total. The Balaban J connectivity index is 0.00000106. The fraction of sp³-hybridized carbons (Fsp3) is 0.529. The van der Waals surface area contributed by atoms with Crippen LogP contribution in [0.4, 0.5) is 4.79 Å². The molecular formula is C17H25NO2S. The van der Waals surface area contributed by atoms with E-state index in [-0.39, 0.29) is 11.1 Å². The molecule has 2 rings (SSSR count). The second-order valence-electron chi connectivity index (χ2n) is 5.76. The van der Waals surface area contributed by atoms with Crippen molar-refractivity contribution in [1.29, 1.82) is 0 Å². The molecule has 0 spiro atoms. The van der Waals surface area contributed by atoms with E-state index in [2.05, 4.69) is 6.07 Å². The molecule has 116 valence electrons. The van der Waals surface area contributed by atoms with E-state index < -0.39 is 10.2 Å². The molecule has 0 radical (unpaired) electrons. The Morgan fingerprint density at radius 1 is 1.19 bits per heavy atom. The third-order valence-corrected chi connectivity index (χ3v) is 5.75. The van der Waals surface area contributed by atoms with E-state index in [0.29, 0.717) is 0 Å². The topological polar surface area (TPSA) is 37.4 Å². The predicted octanol–water partition coefficient (Wildman–Crippen LogP) is 4.38. The molecule has 2 amide bonds. The van der Waals surface area contributed by atoms with Gasteiger partial charge in [0.2, 0.25) is 5.91 Å². The highest BCUT2D eigenvalue weighted by atomic mass is 32.2. The number of rotatable bonds is 2. The number of hydrogen-bond acceptors (Lipinski definition) is 3. The molecule has 1 aromatic rings. The summed E-state index contributed by atoms with van der Waals surface area (Å²) in [6, 6.07) is 8.13. The third-order valence-electron chi connectivity index (χ3n) is 4.21. The van der Waals surface area contributed by atoms with Gasteiger partial charge in [-0.25, -0.2) is 0 Å². The number of carbonyl (C=O) groups is 2. The van der Waals surface area contributed by atoms with Crippen molar-refractivity contribution >= 4 is 22.9 Å². The van der Waals surface area contributed by atoms with Gasteiger partial charge in [0.05, 0.1) is 0 Å². The summed E-state index contributed by atoms with van der Waals surface area (Å²) in [5.41, 5.74) is 1.82. The van der Waals surface area contributed by atoms with Crippen LogP contribution in [0.25, 0.3) is 0 Å². The molecule has 1 fully saturated rings. The minimum atomic E-state index is -0.757. The first-order valence-corrected chi connectivity index (χ1v) is 8.10. The van der Waals surface area contributed by atoms with E-state index in [4.69, 9.17) is 0 Å². The van der Waals surface area contributed by atoms with E-state index in [1.807, 2.05) is 59.7 Å². The van der Waals surface area contributed by atoms with Crippen LogP contribution < -0.4 is 0 Å². The fourth-order valence-electron chi connectivity index (χ4n) is 2.39. The molecule has 0 aliphatic carbocycles. The molecule has 1 atom stereocenters. The summed E-state index contributed by atoms with van der Waals surface area (Å²) < 4.78 is -0.757. The van der Waals surface area contributed by atoms with Crippen molar-refractivity contribution in [3.05, 3.63) is 35.4 Å². The molecule has 0 saturated carbocycles. The number of aryl methyl sites for hydroxylation is 1. The van der Waals surface area contributed by atoms with Crippen LogP contribution in [0.1, 0.15) is 45.7 Å². The average molecular weight is 307 g/mol. The van der Waals surface area contributed by atoms with Crippen molar-refractivity contribution < 1.29 is 9.59 Å². The van der Waals surface area contributed by atoms with E-state index in [1.54, 1.807) is 7.05 Å². The van der Waals surface area contributed by atoms with Gasteiger partial charge in [0, 0.05) is 12.5 Å². The number of amides is 2. The highest BCUT2D eigenvalue weighted by molar-refractivity contribution is 8.16. The van der Waals surface area contributed by atoms with Crippen LogP contribution in [0.3, 0.4) is 0 Å². The molecule has 0 bridgehead atoms. The zero-order valence-electron chi connectivity index (χ0n) is 14.0. The summed E-state index contributed by atoms with van der Waals surface area (Å²) in [5.74, 6) is -0.117. The van der Waals surface area contributed by atoms with Gasteiger partial charge >= 0.3 is 0 Å². The van der Waals surface area contributed by atoms with Gasteiger partial charge in [-0.15, -0.1) is 0 Å². The van der Waals surface area contributed by atoms with Gasteiger partial charge < -0.3 is 0 Å². The van der Waals surface area contributed by atoms with Crippen molar-refractivity contribution in [3.8, 4) is 0 Å². The standard InChI is InChI=1S/C15H19NO2S.C2H6/c1-10-7-6-8-11(9-10)14(2,3)15(4)12(17)16(5)13(18)19-15;1-2/h6-9H,1-5H3;1-2H3. The normalized spacial score (nSPS) is 22.1. The van der Waals surface area contributed by atoms with Crippen LogP contribution in [0.2, 0.25) is 0 Å². The highest BCUT2D eigenvalue weighted by Gasteiger charge is 2.57. The highest BCUT2D eigenvalue weighted by Crippen LogP contribution is 2.49. The van der Waals surface area contributed by atoms with Gasteiger partial charge in [0.25, 0.3) is 5.24 Å². The van der Waals surface area contributed by atoms with Crippen LogP contribution in [-0.2, 0) is 10.2 Å². The summed E-state index contributed by atoms with van der Waals surface area (Å²) in [4.78, 5) is 25.5. The van der Waals surface area contributed by atoms with Crippen LogP contribution in [0, 0.1) is 6.92 Å². The largest absolute Gasteiger partial charge is 0.289 e. The number of carbonyl (C=O) groups excluding carboxylic acids is 2. The van der Waals surface area contributed by atoms with Crippen molar-refractivity contribution in [2.24, 2.45) is 0 Å². The Hall–Kier alpha value is -1.29. The average Bonchev–Trinajstić information content (AvgIpc) is 2.66.